The highest BCUT2D eigenvalue weighted by Crippen LogP contribution is 2.69. The van der Waals surface area contributed by atoms with E-state index >= 15 is 0 Å². The standard InChI is InChI=1S/C34H36N2O18P4S2/c37-33(55(39,40)41,56(42,43)44)21-23-6-1-8-25(16-23)27-10-3-12-29(18-27)35-59(51,52)31-14-5-15-32(20-31)60(53,54)36-30-13-4-11-28(19-30)26-9-2-7-24(17-26)22-34(38,57(45,46)47)58(48,49)50/h1-20,35-38H,21-22H2,(H2,39,40,41)(H2,42,43,44)(H2,45,46,47)(H2,48,49,50). The fraction of sp³-hybridized carbons (Fsp3) is 0.118. The van der Waals surface area contributed by atoms with Crippen molar-refractivity contribution in [1.82, 2.24) is 0 Å². The second-order valence-electron chi connectivity index (χ2n) is 13.3. The highest BCUT2D eigenvalue weighted by atomic mass is 32.2. The normalized spacial score (nSPS) is 13.5. The van der Waals surface area contributed by atoms with E-state index in [1.807, 2.05) is 0 Å². The summed E-state index contributed by atoms with van der Waals surface area (Å²) in [5, 5.41) is 13.3. The van der Waals surface area contributed by atoms with E-state index in [-0.39, 0.29) is 22.5 Å². The van der Waals surface area contributed by atoms with Gasteiger partial charge in [0.05, 0.1) is 9.79 Å². The molecule has 0 aliphatic heterocycles. The summed E-state index contributed by atoms with van der Waals surface area (Å²) < 4.78 is 106. The third-order valence-corrected chi connectivity index (χ3v) is 19.2. The van der Waals surface area contributed by atoms with Gasteiger partial charge in [-0.05, 0) is 75.8 Å². The van der Waals surface area contributed by atoms with Gasteiger partial charge >= 0.3 is 30.4 Å². The average Bonchev–Trinajstić information content (AvgIpc) is 3.13. The Bertz CT molecular complexity index is 2640. The van der Waals surface area contributed by atoms with Gasteiger partial charge in [0.1, 0.15) is 0 Å². The van der Waals surface area contributed by atoms with Crippen molar-refractivity contribution in [1.29, 1.82) is 0 Å². The van der Waals surface area contributed by atoms with Crippen LogP contribution in [0.3, 0.4) is 0 Å². The van der Waals surface area contributed by atoms with E-state index in [0.717, 1.165) is 18.2 Å². The molecule has 5 aromatic rings. The summed E-state index contributed by atoms with van der Waals surface area (Å²) in [7, 11) is -32.0. The van der Waals surface area contributed by atoms with E-state index in [9.17, 15) is 84.5 Å². The van der Waals surface area contributed by atoms with Crippen molar-refractivity contribution in [3.05, 3.63) is 132 Å². The van der Waals surface area contributed by atoms with Gasteiger partial charge in [-0.15, -0.1) is 0 Å². The monoisotopic (exact) mass is 948 g/mol. The summed E-state index contributed by atoms with van der Waals surface area (Å²) >= 11 is 0. The van der Waals surface area contributed by atoms with Gasteiger partial charge in [0, 0.05) is 24.2 Å². The Morgan fingerprint density at radius 1 is 0.417 bits per heavy atom. The summed E-state index contributed by atoms with van der Waals surface area (Å²) in [6, 6.07) is 26.6. The molecular formula is C34H36N2O18P4S2. The first-order valence-electron chi connectivity index (χ1n) is 16.7. The molecule has 0 aromatic heterocycles. The highest BCUT2D eigenvalue weighted by Gasteiger charge is 2.60. The molecule has 0 unspecified atom stereocenters. The van der Waals surface area contributed by atoms with Gasteiger partial charge in [-0.1, -0.05) is 78.9 Å². The molecule has 26 heteroatoms. The van der Waals surface area contributed by atoms with Crippen LogP contribution >= 0.6 is 30.4 Å². The molecule has 12 N–H and O–H groups in total. The zero-order valence-corrected chi connectivity index (χ0v) is 35.5. The van der Waals surface area contributed by atoms with Crippen LogP contribution in [0.5, 0.6) is 0 Å². The summed E-state index contributed by atoms with van der Waals surface area (Å²) in [5.41, 5.74) is 1.08. The van der Waals surface area contributed by atoms with Gasteiger partial charge in [0.15, 0.2) is 0 Å². The van der Waals surface area contributed by atoms with Gasteiger partial charge < -0.3 is 49.4 Å². The van der Waals surface area contributed by atoms with Crippen molar-refractivity contribution in [3.63, 3.8) is 0 Å². The van der Waals surface area contributed by atoms with Gasteiger partial charge in [-0.3, -0.25) is 27.7 Å². The van der Waals surface area contributed by atoms with Crippen molar-refractivity contribution in [3.8, 4) is 22.3 Å². The molecule has 5 aromatic carbocycles. The molecule has 0 heterocycles. The zero-order valence-electron chi connectivity index (χ0n) is 30.3. The zero-order chi connectivity index (χ0) is 44.7. The summed E-state index contributed by atoms with van der Waals surface area (Å²) in [4.78, 5) is 75.3. The fourth-order valence-electron chi connectivity index (χ4n) is 5.78. The Balaban J connectivity index is 1.36. The van der Waals surface area contributed by atoms with E-state index in [1.54, 1.807) is 0 Å². The number of hydrogen-bond donors (Lipinski definition) is 12. The Hall–Kier alpha value is -3.88. The highest BCUT2D eigenvalue weighted by molar-refractivity contribution is 7.93. The number of aliphatic hydroxyl groups is 2. The first-order valence-corrected chi connectivity index (χ1v) is 26.1. The topological polar surface area (TPSA) is 363 Å². The Morgan fingerprint density at radius 2 is 0.700 bits per heavy atom. The molecule has 0 radical (unpaired) electrons. The van der Waals surface area contributed by atoms with Crippen molar-refractivity contribution in [2.75, 3.05) is 9.44 Å². The van der Waals surface area contributed by atoms with Gasteiger partial charge in [0.25, 0.3) is 30.2 Å². The van der Waals surface area contributed by atoms with E-state index in [0.29, 0.717) is 22.3 Å². The lowest BCUT2D eigenvalue weighted by Gasteiger charge is -2.29. The van der Waals surface area contributed by atoms with E-state index in [1.165, 1.54) is 103 Å². The van der Waals surface area contributed by atoms with Crippen LogP contribution in [-0.2, 0) is 51.1 Å². The van der Waals surface area contributed by atoms with Gasteiger partial charge in [-0.25, -0.2) is 16.8 Å². The first kappa shape index (κ1) is 47.2. The minimum Gasteiger partial charge on any atom is -0.367 e. The Morgan fingerprint density at radius 3 is 1.02 bits per heavy atom. The average molecular weight is 949 g/mol. The molecule has 0 spiro atoms. The number of benzene rings is 5. The lowest BCUT2D eigenvalue weighted by molar-refractivity contribution is 0.130. The number of rotatable bonds is 16. The minimum absolute atomic E-state index is 0.0136. The smallest absolute Gasteiger partial charge is 0.367 e. The Kier molecular flexibility index (Phi) is 13.2. The molecule has 60 heavy (non-hydrogen) atoms. The van der Waals surface area contributed by atoms with Crippen LogP contribution in [0.4, 0.5) is 11.4 Å². The van der Waals surface area contributed by atoms with Crippen molar-refractivity contribution in [2.24, 2.45) is 0 Å². The van der Waals surface area contributed by atoms with Crippen molar-refractivity contribution < 1.29 is 84.5 Å². The molecule has 0 fully saturated rings. The predicted molar refractivity (Wildman–Crippen MR) is 217 cm³/mol. The summed E-state index contributed by atoms with van der Waals surface area (Å²) in [5.74, 6) is 0. The molecule has 0 atom stereocenters. The second kappa shape index (κ2) is 16.8. The van der Waals surface area contributed by atoms with Gasteiger partial charge in [-0.2, -0.15) is 0 Å². The maximum atomic E-state index is 13.5. The van der Waals surface area contributed by atoms with E-state index < -0.39 is 83.2 Å². The second-order valence-corrected chi connectivity index (χ2v) is 24.7. The van der Waals surface area contributed by atoms with Gasteiger partial charge in [0.2, 0.25) is 0 Å². The number of hydrogen-bond acceptors (Lipinski definition) is 10. The number of anilines is 2. The largest absolute Gasteiger partial charge is 0.369 e. The fourth-order valence-corrected chi connectivity index (χ4v) is 12.3. The molecular weight excluding hydrogens is 912 g/mol. The molecule has 0 aliphatic carbocycles. The van der Waals surface area contributed by atoms with E-state index in [2.05, 4.69) is 9.44 Å². The third-order valence-electron chi connectivity index (χ3n) is 8.92. The minimum atomic E-state index is -5.75. The maximum Gasteiger partial charge on any atom is 0.369 e. The van der Waals surface area contributed by atoms with Crippen molar-refractivity contribution in [2.45, 2.75) is 32.8 Å². The van der Waals surface area contributed by atoms with Crippen LogP contribution < -0.4 is 9.44 Å². The van der Waals surface area contributed by atoms with Crippen molar-refractivity contribution >= 4 is 61.8 Å². The van der Waals surface area contributed by atoms with Crippen LogP contribution in [0, 0.1) is 0 Å². The SMILES string of the molecule is O=P(O)(O)C(O)(Cc1cccc(-c2cccc(NS(=O)(=O)c3cccc(S(=O)(=O)Nc4cccc(-c5cccc(CC(O)(P(=O)(O)O)P(=O)(O)O)c5)c4)c3)c2)c1)P(=O)(O)O. The van der Waals surface area contributed by atoms with Crippen LogP contribution in [0.1, 0.15) is 11.1 Å². The summed E-state index contributed by atoms with van der Waals surface area (Å²) in [6.07, 6.45) is -2.26. The number of sulfonamides is 2. The van der Waals surface area contributed by atoms with E-state index in [4.69, 9.17) is 0 Å². The molecule has 20 nitrogen and oxygen atoms in total. The predicted octanol–water partition coefficient (Wildman–Crippen LogP) is 3.71. The lowest BCUT2D eigenvalue weighted by atomic mass is 10.0. The molecule has 0 saturated carbocycles. The molecule has 0 amide bonds. The third kappa shape index (κ3) is 10.2. The van der Waals surface area contributed by atoms with Crippen LogP contribution in [-0.4, -0.2) is 76.4 Å². The van der Waals surface area contributed by atoms with Crippen LogP contribution in [0.2, 0.25) is 0 Å². The summed E-state index contributed by atoms with van der Waals surface area (Å²) in [6.45, 7) is 0. The Labute approximate surface area is 342 Å². The molecule has 322 valence electrons. The molecule has 0 aliphatic rings. The molecule has 0 bridgehead atoms. The quantitative estimate of drug-likeness (QED) is 0.0627. The van der Waals surface area contributed by atoms with Crippen LogP contribution in [0.15, 0.2) is 131 Å². The lowest BCUT2D eigenvalue weighted by Crippen LogP contribution is -2.31. The van der Waals surface area contributed by atoms with Crippen LogP contribution in [0.25, 0.3) is 22.3 Å². The number of nitrogens with one attached hydrogen (secondary N) is 2. The molecule has 5 rings (SSSR count). The first-order chi connectivity index (χ1) is 27.5. The maximum absolute atomic E-state index is 13.5. The molecule has 0 saturated heterocycles.